The van der Waals surface area contributed by atoms with Crippen molar-refractivity contribution in [3.8, 4) is 0 Å². The van der Waals surface area contributed by atoms with Crippen LogP contribution >= 0.6 is 0 Å². The molecule has 0 bridgehead atoms. The molecule has 15 heavy (non-hydrogen) atoms. The maximum absolute atomic E-state index is 10.8. The molecule has 73 valence electrons. The van der Waals surface area contributed by atoms with Crippen LogP contribution in [0.3, 0.4) is 0 Å². The number of benzene rings is 2. The van der Waals surface area contributed by atoms with E-state index in [1.54, 1.807) is 18.2 Å². The van der Waals surface area contributed by atoms with Gasteiger partial charge in [-0.25, -0.2) is 0 Å². The number of nitro benzene ring substituents is 1. The van der Waals surface area contributed by atoms with Gasteiger partial charge in [-0.3, -0.25) is 10.1 Å². The molecule has 2 rings (SSSR count). The summed E-state index contributed by atoms with van der Waals surface area (Å²) in [6, 6.07) is 10.3. The number of nitrogens with zero attached hydrogens (tertiary/aromatic N) is 1. The maximum Gasteiger partial charge on any atom is 0.277 e. The molecule has 0 aliphatic heterocycles. The third-order valence-corrected chi connectivity index (χ3v) is 2.31. The highest BCUT2D eigenvalue weighted by atomic mass is 16.6. The van der Waals surface area contributed by atoms with Crippen molar-refractivity contribution in [2.24, 2.45) is 0 Å². The van der Waals surface area contributed by atoms with Crippen molar-refractivity contribution in [3.63, 3.8) is 0 Å². The van der Waals surface area contributed by atoms with E-state index in [0.29, 0.717) is 5.39 Å². The first kappa shape index (κ1) is 9.40. The zero-order chi connectivity index (χ0) is 10.8. The smallest absolute Gasteiger partial charge is 0.258 e. The first-order chi connectivity index (χ1) is 7.24. The summed E-state index contributed by atoms with van der Waals surface area (Å²) in [7, 11) is 0. The number of fused-ring (bicyclic) bond motifs is 1. The fourth-order valence-corrected chi connectivity index (χ4v) is 1.61. The summed E-state index contributed by atoms with van der Waals surface area (Å²) in [4.78, 5) is 10.4. The van der Waals surface area contributed by atoms with Crippen LogP contribution in [0.5, 0.6) is 0 Å². The second-order valence-corrected chi connectivity index (χ2v) is 3.14. The predicted octanol–water partition coefficient (Wildman–Crippen LogP) is 3.19. The molecule has 1 radical (unpaired) electrons. The Hall–Kier alpha value is -2.16. The van der Waals surface area contributed by atoms with Crippen molar-refractivity contribution >= 4 is 22.5 Å². The van der Waals surface area contributed by atoms with E-state index in [9.17, 15) is 10.1 Å². The van der Waals surface area contributed by atoms with Crippen LogP contribution in [-0.2, 0) is 0 Å². The van der Waals surface area contributed by atoms with Crippen molar-refractivity contribution < 1.29 is 4.92 Å². The minimum Gasteiger partial charge on any atom is -0.258 e. The van der Waals surface area contributed by atoms with Gasteiger partial charge in [0.2, 0.25) is 0 Å². The van der Waals surface area contributed by atoms with Crippen molar-refractivity contribution in [2.45, 2.75) is 0 Å². The van der Waals surface area contributed by atoms with Crippen LogP contribution in [0.25, 0.3) is 16.8 Å². The SMILES string of the molecule is [CH]=Cc1ccc([N+](=O)[O-])c2ccccc12. The normalized spacial score (nSPS) is 10.1. The van der Waals surface area contributed by atoms with Crippen LogP contribution in [0.15, 0.2) is 36.4 Å². The van der Waals surface area contributed by atoms with Crippen molar-refractivity contribution in [3.05, 3.63) is 58.7 Å². The van der Waals surface area contributed by atoms with Crippen LogP contribution in [0.2, 0.25) is 0 Å². The van der Waals surface area contributed by atoms with E-state index in [-0.39, 0.29) is 10.6 Å². The minimum absolute atomic E-state index is 0.108. The number of nitro groups is 1. The van der Waals surface area contributed by atoms with Gasteiger partial charge in [0.15, 0.2) is 0 Å². The van der Waals surface area contributed by atoms with Gasteiger partial charge in [0.05, 0.1) is 10.3 Å². The average Bonchev–Trinajstić information content (AvgIpc) is 2.27. The number of hydrogen-bond acceptors (Lipinski definition) is 2. The Morgan fingerprint density at radius 1 is 1.13 bits per heavy atom. The molecule has 0 saturated heterocycles. The van der Waals surface area contributed by atoms with Gasteiger partial charge in [-0.15, -0.1) is 0 Å². The molecule has 0 atom stereocenters. The Morgan fingerprint density at radius 2 is 1.80 bits per heavy atom. The predicted molar refractivity (Wildman–Crippen MR) is 59.4 cm³/mol. The first-order valence-corrected chi connectivity index (χ1v) is 4.45. The second-order valence-electron chi connectivity index (χ2n) is 3.14. The van der Waals surface area contributed by atoms with Gasteiger partial charge in [-0.1, -0.05) is 30.9 Å². The number of hydrogen-bond donors (Lipinski definition) is 0. The van der Waals surface area contributed by atoms with Crippen LogP contribution in [0.1, 0.15) is 5.56 Å². The quantitative estimate of drug-likeness (QED) is 0.549. The third-order valence-electron chi connectivity index (χ3n) is 2.31. The first-order valence-electron chi connectivity index (χ1n) is 4.45. The highest BCUT2D eigenvalue weighted by Gasteiger charge is 2.11. The fraction of sp³-hybridized carbons (Fsp3) is 0. The van der Waals surface area contributed by atoms with Gasteiger partial charge in [0, 0.05) is 6.07 Å². The van der Waals surface area contributed by atoms with E-state index in [2.05, 4.69) is 0 Å². The van der Waals surface area contributed by atoms with Crippen LogP contribution in [0.4, 0.5) is 5.69 Å². The summed E-state index contributed by atoms with van der Waals surface area (Å²) in [5, 5.41) is 12.2. The topological polar surface area (TPSA) is 43.1 Å². The lowest BCUT2D eigenvalue weighted by molar-refractivity contribution is -0.383. The lowest BCUT2D eigenvalue weighted by Gasteiger charge is -2.02. The zero-order valence-electron chi connectivity index (χ0n) is 7.88. The van der Waals surface area contributed by atoms with Gasteiger partial charge in [0.1, 0.15) is 0 Å². The molecule has 0 heterocycles. The van der Waals surface area contributed by atoms with Gasteiger partial charge in [-0.05, 0) is 23.1 Å². The Balaban J connectivity index is 2.89. The molecule has 2 aromatic rings. The molecule has 0 spiro atoms. The molecule has 0 aliphatic carbocycles. The molecule has 0 amide bonds. The monoisotopic (exact) mass is 198 g/mol. The molecule has 0 saturated carbocycles. The molecule has 0 unspecified atom stereocenters. The lowest BCUT2D eigenvalue weighted by atomic mass is 10.0. The summed E-state index contributed by atoms with van der Waals surface area (Å²) >= 11 is 0. The third kappa shape index (κ3) is 1.48. The minimum atomic E-state index is -0.386. The van der Waals surface area contributed by atoms with Crippen molar-refractivity contribution in [2.75, 3.05) is 0 Å². The fourth-order valence-electron chi connectivity index (χ4n) is 1.61. The molecule has 0 N–H and O–H groups in total. The van der Waals surface area contributed by atoms with E-state index in [1.165, 1.54) is 12.1 Å². The molecule has 0 aliphatic rings. The van der Waals surface area contributed by atoms with E-state index in [4.69, 9.17) is 6.58 Å². The second kappa shape index (κ2) is 3.53. The Bertz CT molecular complexity index is 546. The highest BCUT2D eigenvalue weighted by molar-refractivity contribution is 5.96. The number of non-ortho nitro benzene ring substituents is 1. The summed E-state index contributed by atoms with van der Waals surface area (Å²) in [5.41, 5.74) is 0.910. The van der Waals surface area contributed by atoms with E-state index in [1.807, 2.05) is 12.1 Å². The highest BCUT2D eigenvalue weighted by Crippen LogP contribution is 2.28. The number of rotatable bonds is 2. The van der Waals surface area contributed by atoms with Crippen molar-refractivity contribution in [1.82, 2.24) is 0 Å². The van der Waals surface area contributed by atoms with Gasteiger partial charge in [0.25, 0.3) is 5.69 Å². The molecule has 0 fully saturated rings. The largest absolute Gasteiger partial charge is 0.277 e. The van der Waals surface area contributed by atoms with Crippen molar-refractivity contribution in [1.29, 1.82) is 0 Å². The van der Waals surface area contributed by atoms with Gasteiger partial charge < -0.3 is 0 Å². The summed E-state index contributed by atoms with van der Waals surface area (Å²) in [6.07, 6.45) is 1.45. The molecule has 3 heteroatoms. The Labute approximate surface area is 86.8 Å². The summed E-state index contributed by atoms with van der Waals surface area (Å²) in [5.74, 6) is 0. The molecular formula is C12H8NO2. The maximum atomic E-state index is 10.8. The Morgan fingerprint density at radius 3 is 2.40 bits per heavy atom. The van der Waals surface area contributed by atoms with Crippen LogP contribution in [-0.4, -0.2) is 4.92 Å². The lowest BCUT2D eigenvalue weighted by Crippen LogP contribution is -1.90. The average molecular weight is 198 g/mol. The van der Waals surface area contributed by atoms with Gasteiger partial charge >= 0.3 is 0 Å². The molecule has 2 aromatic carbocycles. The van der Waals surface area contributed by atoms with E-state index >= 15 is 0 Å². The van der Waals surface area contributed by atoms with E-state index < -0.39 is 0 Å². The summed E-state index contributed by atoms with van der Waals surface area (Å²) < 4.78 is 0. The standard InChI is InChI=1S/C12H8NO2/c1-2-9-7-8-12(13(14)15)11-6-4-3-5-10(9)11/h1-8H. The van der Waals surface area contributed by atoms with E-state index in [0.717, 1.165) is 10.9 Å². The van der Waals surface area contributed by atoms with Crippen LogP contribution < -0.4 is 0 Å². The van der Waals surface area contributed by atoms with Crippen LogP contribution in [0, 0.1) is 16.7 Å². The zero-order valence-corrected chi connectivity index (χ0v) is 7.88. The molecule has 0 aromatic heterocycles. The molecular weight excluding hydrogens is 190 g/mol. The van der Waals surface area contributed by atoms with Gasteiger partial charge in [-0.2, -0.15) is 0 Å². The Kier molecular flexibility index (Phi) is 2.21. The molecule has 3 nitrogen and oxygen atoms in total. The summed E-state index contributed by atoms with van der Waals surface area (Å²) in [6.45, 7) is 5.45.